The van der Waals surface area contributed by atoms with Crippen molar-refractivity contribution in [3.63, 3.8) is 0 Å². The number of ketones is 1. The zero-order valence-corrected chi connectivity index (χ0v) is 10.1. The van der Waals surface area contributed by atoms with Crippen LogP contribution in [0.3, 0.4) is 0 Å². The lowest BCUT2D eigenvalue weighted by Crippen LogP contribution is -2.04. The van der Waals surface area contributed by atoms with E-state index in [1.165, 1.54) is 19.1 Å². The molecule has 20 heavy (non-hydrogen) atoms. The maximum absolute atomic E-state index is 13.6. The fourth-order valence-electron chi connectivity index (χ4n) is 1.75. The Morgan fingerprint density at radius 3 is 1.85 bits per heavy atom. The molecule has 0 spiro atoms. The summed E-state index contributed by atoms with van der Waals surface area (Å²) in [6.07, 6.45) is 0. The lowest BCUT2D eigenvalue weighted by Gasteiger charge is -2.09. The Morgan fingerprint density at radius 1 is 0.850 bits per heavy atom. The third-order valence-electron chi connectivity index (χ3n) is 2.77. The van der Waals surface area contributed by atoms with Crippen LogP contribution in [-0.2, 0) is 0 Å². The zero-order chi connectivity index (χ0) is 15.0. The maximum atomic E-state index is 13.6. The van der Waals surface area contributed by atoms with Gasteiger partial charge in [-0.15, -0.1) is 0 Å². The van der Waals surface area contributed by atoms with Gasteiger partial charge in [-0.2, -0.15) is 0 Å². The first-order valence-corrected chi connectivity index (χ1v) is 5.47. The molecule has 6 heteroatoms. The van der Waals surface area contributed by atoms with Gasteiger partial charge in [0, 0.05) is 5.56 Å². The van der Waals surface area contributed by atoms with Gasteiger partial charge in [-0.25, -0.2) is 22.0 Å². The minimum absolute atomic E-state index is 0.103. The molecule has 0 aromatic heterocycles. The summed E-state index contributed by atoms with van der Waals surface area (Å²) >= 11 is 0. The molecule has 1 nitrogen and oxygen atoms in total. The second-order valence-electron chi connectivity index (χ2n) is 4.08. The Balaban J connectivity index is 2.76. The molecule has 104 valence electrons. The van der Waals surface area contributed by atoms with Crippen molar-refractivity contribution in [2.75, 3.05) is 0 Å². The number of carbonyl (C=O) groups is 1. The number of halogens is 5. The average Bonchev–Trinajstić information content (AvgIpc) is 2.43. The van der Waals surface area contributed by atoms with Crippen LogP contribution in [0.5, 0.6) is 0 Å². The largest absolute Gasteiger partial charge is 0.295 e. The van der Waals surface area contributed by atoms with Crippen molar-refractivity contribution >= 4 is 5.78 Å². The van der Waals surface area contributed by atoms with Gasteiger partial charge < -0.3 is 0 Å². The van der Waals surface area contributed by atoms with E-state index in [4.69, 9.17) is 0 Å². The molecule has 0 saturated heterocycles. The number of carbonyl (C=O) groups excluding carboxylic acids is 1. The predicted octanol–water partition coefficient (Wildman–Crippen LogP) is 4.25. The predicted molar refractivity (Wildman–Crippen MR) is 61.7 cm³/mol. The van der Waals surface area contributed by atoms with E-state index in [-0.39, 0.29) is 11.1 Å². The molecule has 0 atom stereocenters. The molecule has 0 heterocycles. The van der Waals surface area contributed by atoms with Crippen LogP contribution >= 0.6 is 0 Å². The van der Waals surface area contributed by atoms with Gasteiger partial charge in [0.15, 0.2) is 29.1 Å². The van der Waals surface area contributed by atoms with Crippen molar-refractivity contribution in [1.29, 1.82) is 0 Å². The number of rotatable bonds is 2. The second-order valence-corrected chi connectivity index (χ2v) is 4.08. The van der Waals surface area contributed by atoms with Crippen LogP contribution in [0.25, 0.3) is 11.1 Å². The molecule has 0 unspecified atom stereocenters. The number of Topliss-reactive ketones (excluding diaryl/α,β-unsaturated/α-hetero) is 1. The molecule has 0 N–H and O–H groups in total. The van der Waals surface area contributed by atoms with Crippen LogP contribution < -0.4 is 0 Å². The topological polar surface area (TPSA) is 17.1 Å². The lowest BCUT2D eigenvalue weighted by molar-refractivity contribution is 0.101. The van der Waals surface area contributed by atoms with Gasteiger partial charge in [-0.1, -0.05) is 18.2 Å². The van der Waals surface area contributed by atoms with E-state index < -0.39 is 40.4 Å². The molecule has 0 radical (unpaired) electrons. The molecule has 0 aliphatic carbocycles. The third kappa shape index (κ3) is 2.17. The molecule has 2 aromatic carbocycles. The van der Waals surface area contributed by atoms with Crippen LogP contribution in [0.1, 0.15) is 17.3 Å². The third-order valence-corrected chi connectivity index (χ3v) is 2.77. The fraction of sp³-hybridized carbons (Fsp3) is 0.0714. The van der Waals surface area contributed by atoms with E-state index >= 15 is 0 Å². The number of hydrogen-bond donors (Lipinski definition) is 0. The Labute approximate surface area is 110 Å². The van der Waals surface area contributed by atoms with E-state index in [0.717, 1.165) is 12.1 Å². The summed E-state index contributed by atoms with van der Waals surface area (Å²) in [7, 11) is 0. The van der Waals surface area contributed by atoms with Crippen molar-refractivity contribution in [3.8, 4) is 11.1 Å². The van der Waals surface area contributed by atoms with Gasteiger partial charge in [-0.05, 0) is 18.6 Å². The highest BCUT2D eigenvalue weighted by molar-refractivity contribution is 5.95. The van der Waals surface area contributed by atoms with E-state index in [0.29, 0.717) is 0 Å². The minimum Gasteiger partial charge on any atom is -0.295 e. The Bertz CT molecular complexity index is 680. The normalized spacial score (nSPS) is 10.7. The van der Waals surface area contributed by atoms with Crippen LogP contribution in [0.2, 0.25) is 0 Å². The van der Waals surface area contributed by atoms with E-state index in [1.807, 2.05) is 0 Å². The summed E-state index contributed by atoms with van der Waals surface area (Å²) in [5.41, 5.74) is -1.21. The molecule has 0 aliphatic rings. The highest BCUT2D eigenvalue weighted by Crippen LogP contribution is 2.31. The Kier molecular flexibility index (Phi) is 3.57. The SMILES string of the molecule is CC(=O)c1cccc(-c2c(F)c(F)c(F)c(F)c2F)c1. The molecule has 0 saturated carbocycles. The van der Waals surface area contributed by atoms with Crippen LogP contribution in [0.4, 0.5) is 22.0 Å². The Hall–Kier alpha value is -2.24. The van der Waals surface area contributed by atoms with Crippen molar-refractivity contribution in [2.24, 2.45) is 0 Å². The lowest BCUT2D eigenvalue weighted by atomic mass is 10.00. The van der Waals surface area contributed by atoms with Crippen LogP contribution in [0.15, 0.2) is 24.3 Å². The standard InChI is InChI=1S/C14H7F5O/c1-6(20)7-3-2-4-8(5-7)9-10(15)12(17)14(19)13(18)11(9)16/h2-5H,1H3. The van der Waals surface area contributed by atoms with E-state index in [1.54, 1.807) is 0 Å². The molecular formula is C14H7F5O. The molecule has 0 aliphatic heterocycles. The molecule has 2 rings (SSSR count). The molecular weight excluding hydrogens is 279 g/mol. The molecule has 0 fully saturated rings. The number of hydrogen-bond acceptors (Lipinski definition) is 1. The fourth-order valence-corrected chi connectivity index (χ4v) is 1.75. The number of benzene rings is 2. The first-order valence-electron chi connectivity index (χ1n) is 5.47. The highest BCUT2D eigenvalue weighted by atomic mass is 19.2. The van der Waals surface area contributed by atoms with Crippen LogP contribution in [0, 0.1) is 29.1 Å². The van der Waals surface area contributed by atoms with E-state index in [2.05, 4.69) is 0 Å². The quantitative estimate of drug-likeness (QED) is 0.349. The van der Waals surface area contributed by atoms with Crippen molar-refractivity contribution in [2.45, 2.75) is 6.92 Å². The van der Waals surface area contributed by atoms with E-state index in [9.17, 15) is 26.7 Å². The smallest absolute Gasteiger partial charge is 0.200 e. The summed E-state index contributed by atoms with van der Waals surface area (Å²) in [5, 5.41) is 0. The molecule has 0 amide bonds. The summed E-state index contributed by atoms with van der Waals surface area (Å²) < 4.78 is 66.4. The molecule has 2 aromatic rings. The monoisotopic (exact) mass is 286 g/mol. The van der Waals surface area contributed by atoms with Crippen molar-refractivity contribution < 1.29 is 26.7 Å². The molecule has 0 bridgehead atoms. The summed E-state index contributed by atoms with van der Waals surface area (Å²) in [4.78, 5) is 11.2. The van der Waals surface area contributed by atoms with Crippen LogP contribution in [-0.4, -0.2) is 5.78 Å². The summed E-state index contributed by atoms with van der Waals surface area (Å²) in [5.74, 6) is -10.5. The Morgan fingerprint density at radius 2 is 1.35 bits per heavy atom. The van der Waals surface area contributed by atoms with Crippen molar-refractivity contribution in [3.05, 3.63) is 58.9 Å². The zero-order valence-electron chi connectivity index (χ0n) is 10.1. The van der Waals surface area contributed by atoms with Gasteiger partial charge in [-0.3, -0.25) is 4.79 Å². The minimum atomic E-state index is -2.22. The van der Waals surface area contributed by atoms with Gasteiger partial charge in [0.1, 0.15) is 0 Å². The maximum Gasteiger partial charge on any atom is 0.200 e. The average molecular weight is 286 g/mol. The highest BCUT2D eigenvalue weighted by Gasteiger charge is 2.26. The summed E-state index contributed by atoms with van der Waals surface area (Å²) in [6.45, 7) is 1.22. The first-order chi connectivity index (χ1) is 9.34. The summed E-state index contributed by atoms with van der Waals surface area (Å²) in [6, 6.07) is 4.90. The first kappa shape index (κ1) is 14.2. The van der Waals surface area contributed by atoms with Gasteiger partial charge in [0.05, 0.1) is 5.56 Å². The van der Waals surface area contributed by atoms with Gasteiger partial charge >= 0.3 is 0 Å². The van der Waals surface area contributed by atoms with Gasteiger partial charge in [0.2, 0.25) is 5.82 Å². The second kappa shape index (κ2) is 5.03. The van der Waals surface area contributed by atoms with Gasteiger partial charge in [0.25, 0.3) is 0 Å². The van der Waals surface area contributed by atoms with Crippen molar-refractivity contribution in [1.82, 2.24) is 0 Å².